The van der Waals surface area contributed by atoms with Crippen molar-refractivity contribution in [2.75, 3.05) is 0 Å². The smallest absolute Gasteiger partial charge is 0.343 e. The number of ether oxygens (including phenoxy) is 2. The van der Waals surface area contributed by atoms with Crippen LogP contribution in [0.1, 0.15) is 22.8 Å². The van der Waals surface area contributed by atoms with E-state index < -0.39 is 22.9 Å². The largest absolute Gasteiger partial charge is 0.481 e. The molecule has 0 spiro atoms. The van der Waals surface area contributed by atoms with Crippen LogP contribution in [-0.2, 0) is 4.79 Å². The van der Waals surface area contributed by atoms with Crippen LogP contribution < -0.4 is 14.9 Å². The number of nitrogens with zero attached hydrogens (tertiary/aromatic N) is 2. The first-order chi connectivity index (χ1) is 15.8. The molecule has 9 nitrogen and oxygen atoms in total. The van der Waals surface area contributed by atoms with E-state index in [2.05, 4.69) is 10.5 Å². The van der Waals surface area contributed by atoms with Crippen molar-refractivity contribution in [3.05, 3.63) is 99.1 Å². The highest BCUT2D eigenvalue weighted by Crippen LogP contribution is 2.18. The number of carbonyl (C=O) groups is 2. The maximum Gasteiger partial charge on any atom is 0.343 e. The van der Waals surface area contributed by atoms with Crippen molar-refractivity contribution < 1.29 is 24.0 Å². The number of esters is 1. The zero-order chi connectivity index (χ0) is 23.8. The van der Waals surface area contributed by atoms with E-state index >= 15 is 0 Å². The molecule has 0 bridgehead atoms. The van der Waals surface area contributed by atoms with Gasteiger partial charge in [-0.25, -0.2) is 10.2 Å². The predicted octanol–water partition coefficient (Wildman–Crippen LogP) is 4.39. The van der Waals surface area contributed by atoms with Crippen molar-refractivity contribution in [3.8, 4) is 11.5 Å². The number of rotatable bonds is 8. The summed E-state index contributed by atoms with van der Waals surface area (Å²) in [5.74, 6) is -0.349. The van der Waals surface area contributed by atoms with Gasteiger partial charge in [0.15, 0.2) is 6.10 Å². The average molecular weight is 468 g/mol. The Kier molecular flexibility index (Phi) is 7.72. The van der Waals surface area contributed by atoms with E-state index in [-0.39, 0.29) is 5.69 Å². The Morgan fingerprint density at radius 3 is 2.21 bits per heavy atom. The van der Waals surface area contributed by atoms with Gasteiger partial charge in [0.2, 0.25) is 0 Å². The highest BCUT2D eigenvalue weighted by atomic mass is 35.5. The second kappa shape index (κ2) is 10.9. The lowest BCUT2D eigenvalue weighted by atomic mass is 10.2. The summed E-state index contributed by atoms with van der Waals surface area (Å²) in [5.41, 5.74) is 3.31. The summed E-state index contributed by atoms with van der Waals surface area (Å²) < 4.78 is 10.7. The Labute approximate surface area is 193 Å². The predicted molar refractivity (Wildman–Crippen MR) is 122 cm³/mol. The number of benzene rings is 3. The standard InChI is InChI=1S/C23H18ClN3O6/c1-15(32-20-12-8-19(9-13-20)27(30)31)22(28)26-25-14-16-2-10-21(11-3-16)33-23(29)17-4-6-18(24)7-5-17/h2-15H,1H3,(H,26,28)/b25-14-/t15-/m1/s1. The molecule has 0 heterocycles. The van der Waals surface area contributed by atoms with Crippen LogP contribution in [0.3, 0.4) is 0 Å². The van der Waals surface area contributed by atoms with Gasteiger partial charge in [-0.1, -0.05) is 11.6 Å². The second-order valence-electron chi connectivity index (χ2n) is 6.71. The fourth-order valence-electron chi connectivity index (χ4n) is 2.54. The number of nitro benzene ring substituents is 1. The molecule has 0 saturated heterocycles. The van der Waals surface area contributed by atoms with E-state index in [1.54, 1.807) is 48.5 Å². The van der Waals surface area contributed by atoms with Gasteiger partial charge in [0.1, 0.15) is 11.5 Å². The van der Waals surface area contributed by atoms with Gasteiger partial charge in [-0.05, 0) is 73.2 Å². The lowest BCUT2D eigenvalue weighted by molar-refractivity contribution is -0.384. The van der Waals surface area contributed by atoms with E-state index in [4.69, 9.17) is 21.1 Å². The van der Waals surface area contributed by atoms with Crippen LogP contribution in [0.25, 0.3) is 0 Å². The molecule has 10 heteroatoms. The molecule has 0 radical (unpaired) electrons. The quantitative estimate of drug-likeness (QED) is 0.172. The van der Waals surface area contributed by atoms with Crippen molar-refractivity contribution in [1.29, 1.82) is 0 Å². The molecule has 1 N–H and O–H groups in total. The number of hydrazone groups is 1. The van der Waals surface area contributed by atoms with Crippen LogP contribution in [0.4, 0.5) is 5.69 Å². The van der Waals surface area contributed by atoms with Gasteiger partial charge in [0, 0.05) is 17.2 Å². The van der Waals surface area contributed by atoms with Crippen LogP contribution in [-0.4, -0.2) is 29.1 Å². The molecule has 3 aromatic carbocycles. The summed E-state index contributed by atoms with van der Waals surface area (Å²) in [7, 11) is 0. The van der Waals surface area contributed by atoms with Crippen molar-refractivity contribution in [2.24, 2.45) is 5.10 Å². The zero-order valence-electron chi connectivity index (χ0n) is 17.3. The van der Waals surface area contributed by atoms with E-state index in [9.17, 15) is 19.7 Å². The third kappa shape index (κ3) is 6.88. The Morgan fingerprint density at radius 1 is 1.00 bits per heavy atom. The molecule has 33 heavy (non-hydrogen) atoms. The van der Waals surface area contributed by atoms with Gasteiger partial charge in [-0.15, -0.1) is 0 Å². The molecule has 0 unspecified atom stereocenters. The maximum atomic E-state index is 12.1. The molecule has 1 amide bonds. The SMILES string of the molecule is C[C@@H](Oc1ccc([N+](=O)[O-])cc1)C(=O)N/N=C\c1ccc(OC(=O)c2ccc(Cl)cc2)cc1. The Hall–Kier alpha value is -4.24. The number of hydrogen-bond acceptors (Lipinski definition) is 7. The van der Waals surface area contributed by atoms with Crippen molar-refractivity contribution in [2.45, 2.75) is 13.0 Å². The molecule has 3 aromatic rings. The summed E-state index contributed by atoms with van der Waals surface area (Å²) in [5, 5.41) is 15.1. The lowest BCUT2D eigenvalue weighted by Crippen LogP contribution is -2.33. The van der Waals surface area contributed by atoms with Gasteiger partial charge in [0.25, 0.3) is 11.6 Å². The minimum atomic E-state index is -0.877. The minimum absolute atomic E-state index is 0.0742. The molecular weight excluding hydrogens is 450 g/mol. The molecule has 0 aliphatic rings. The number of amides is 1. The Bertz CT molecular complexity index is 1160. The van der Waals surface area contributed by atoms with Crippen LogP contribution in [0.15, 0.2) is 77.9 Å². The van der Waals surface area contributed by atoms with Gasteiger partial charge >= 0.3 is 5.97 Å². The third-order valence-corrected chi connectivity index (χ3v) is 4.54. The number of nitro groups is 1. The van der Waals surface area contributed by atoms with Gasteiger partial charge in [-0.3, -0.25) is 14.9 Å². The molecule has 0 aromatic heterocycles. The van der Waals surface area contributed by atoms with Gasteiger partial charge < -0.3 is 9.47 Å². The molecule has 0 saturated carbocycles. The first-order valence-corrected chi connectivity index (χ1v) is 10.0. The number of non-ortho nitro benzene ring substituents is 1. The van der Waals surface area contributed by atoms with Crippen molar-refractivity contribution in [1.82, 2.24) is 5.43 Å². The molecule has 0 aliphatic heterocycles. The van der Waals surface area contributed by atoms with Crippen LogP contribution >= 0.6 is 11.6 Å². The molecule has 168 valence electrons. The first-order valence-electron chi connectivity index (χ1n) is 9.63. The molecule has 0 fully saturated rings. The van der Waals surface area contributed by atoms with Crippen molar-refractivity contribution in [3.63, 3.8) is 0 Å². The molecule has 1 atom stereocenters. The van der Waals surface area contributed by atoms with E-state index in [1.807, 2.05) is 0 Å². The Balaban J connectivity index is 1.49. The first kappa shape index (κ1) is 23.4. The normalized spacial score (nSPS) is 11.6. The van der Waals surface area contributed by atoms with Crippen LogP contribution in [0.2, 0.25) is 5.02 Å². The molecule has 0 aliphatic carbocycles. The number of nitrogens with one attached hydrogen (secondary N) is 1. The average Bonchev–Trinajstić information content (AvgIpc) is 2.81. The monoisotopic (exact) mass is 467 g/mol. The summed E-state index contributed by atoms with van der Waals surface area (Å²) in [6.07, 6.45) is 0.541. The van der Waals surface area contributed by atoms with Gasteiger partial charge in [-0.2, -0.15) is 5.10 Å². The minimum Gasteiger partial charge on any atom is -0.481 e. The van der Waals surface area contributed by atoms with Gasteiger partial charge in [0.05, 0.1) is 16.7 Å². The summed E-state index contributed by atoms with van der Waals surface area (Å²) in [6, 6.07) is 18.2. The fraction of sp³-hybridized carbons (Fsp3) is 0.0870. The van der Waals surface area contributed by atoms with Crippen LogP contribution in [0.5, 0.6) is 11.5 Å². The third-order valence-electron chi connectivity index (χ3n) is 4.29. The summed E-state index contributed by atoms with van der Waals surface area (Å²) >= 11 is 5.81. The number of halogens is 1. The lowest BCUT2D eigenvalue weighted by Gasteiger charge is -2.12. The number of hydrogen-bond donors (Lipinski definition) is 1. The molecule has 3 rings (SSSR count). The maximum absolute atomic E-state index is 12.1. The van der Waals surface area contributed by atoms with Crippen LogP contribution in [0, 0.1) is 10.1 Å². The zero-order valence-corrected chi connectivity index (χ0v) is 18.1. The fourth-order valence-corrected chi connectivity index (χ4v) is 2.67. The summed E-state index contributed by atoms with van der Waals surface area (Å²) in [4.78, 5) is 34.4. The highest BCUT2D eigenvalue weighted by molar-refractivity contribution is 6.30. The van der Waals surface area contributed by atoms with E-state index in [0.29, 0.717) is 27.6 Å². The highest BCUT2D eigenvalue weighted by Gasteiger charge is 2.15. The van der Waals surface area contributed by atoms with E-state index in [0.717, 1.165) is 0 Å². The Morgan fingerprint density at radius 2 is 1.61 bits per heavy atom. The summed E-state index contributed by atoms with van der Waals surface area (Å²) in [6.45, 7) is 1.52. The molecular formula is C23H18ClN3O6. The van der Waals surface area contributed by atoms with Crippen molar-refractivity contribution >= 4 is 35.4 Å². The topological polar surface area (TPSA) is 120 Å². The number of carbonyl (C=O) groups excluding carboxylic acids is 2. The second-order valence-corrected chi connectivity index (χ2v) is 7.15. The van der Waals surface area contributed by atoms with E-state index in [1.165, 1.54) is 37.4 Å².